The summed E-state index contributed by atoms with van der Waals surface area (Å²) in [5, 5.41) is 0. The van der Waals surface area contributed by atoms with Crippen molar-refractivity contribution in [2.45, 2.75) is 38.5 Å². The first kappa shape index (κ1) is 16.7. The number of aryl methyl sites for hydroxylation is 1. The number of rotatable bonds is 4. The number of aromatic nitrogens is 2. The van der Waals surface area contributed by atoms with Crippen LogP contribution in [0, 0.1) is 0 Å². The monoisotopic (exact) mass is 352 g/mol. The van der Waals surface area contributed by atoms with Crippen LogP contribution in [-0.4, -0.2) is 35.1 Å². The quantitative estimate of drug-likeness (QED) is 0.787. The third kappa shape index (κ3) is 2.96. The second-order valence-electron chi connectivity index (χ2n) is 6.79. The van der Waals surface area contributed by atoms with E-state index in [4.69, 9.17) is 9.47 Å². The molecule has 0 saturated carbocycles. The molecule has 0 aliphatic carbocycles. The fraction of sp³-hybridized carbons (Fsp3) is 0.400. The van der Waals surface area contributed by atoms with Crippen molar-refractivity contribution in [2.24, 2.45) is 0 Å². The van der Waals surface area contributed by atoms with Crippen molar-refractivity contribution < 1.29 is 19.1 Å². The second-order valence-corrected chi connectivity index (χ2v) is 6.79. The molecule has 0 radical (unpaired) electrons. The Hall–Kier alpha value is -2.76. The molecule has 0 saturated heterocycles. The summed E-state index contributed by atoms with van der Waals surface area (Å²) in [6.07, 6.45) is 10.1. The van der Waals surface area contributed by atoms with E-state index in [-0.39, 0.29) is 17.9 Å². The Morgan fingerprint density at radius 2 is 1.54 bits per heavy atom. The van der Waals surface area contributed by atoms with Crippen molar-refractivity contribution in [1.82, 2.24) is 9.97 Å². The molecule has 0 aromatic carbocycles. The minimum Gasteiger partial charge on any atom is -0.462 e. The highest BCUT2D eigenvalue weighted by Crippen LogP contribution is 2.30. The van der Waals surface area contributed by atoms with Crippen LogP contribution in [0.4, 0.5) is 0 Å². The molecule has 1 atom stereocenters. The number of hydrogen-bond acceptors (Lipinski definition) is 6. The molecule has 0 N–H and O–H groups in total. The van der Waals surface area contributed by atoms with E-state index in [0.717, 1.165) is 47.9 Å². The lowest BCUT2D eigenvalue weighted by Gasteiger charge is -2.22. The number of nitrogens with zero attached hydrogens (tertiary/aromatic N) is 2. The van der Waals surface area contributed by atoms with Gasteiger partial charge in [-0.25, -0.2) is 9.59 Å². The van der Waals surface area contributed by atoms with Crippen molar-refractivity contribution in [3.8, 4) is 0 Å². The molecular weight excluding hydrogens is 332 g/mol. The van der Waals surface area contributed by atoms with Crippen LogP contribution in [0.3, 0.4) is 0 Å². The van der Waals surface area contributed by atoms with E-state index in [2.05, 4.69) is 16.9 Å². The highest BCUT2D eigenvalue weighted by molar-refractivity contribution is 5.92. The molecular formula is C20H20N2O4. The van der Waals surface area contributed by atoms with E-state index < -0.39 is 0 Å². The molecule has 6 nitrogen and oxygen atoms in total. The average Bonchev–Trinajstić information content (AvgIpc) is 2.66. The van der Waals surface area contributed by atoms with Gasteiger partial charge in [-0.1, -0.05) is 6.92 Å². The predicted octanol–water partition coefficient (Wildman–Crippen LogP) is 2.64. The van der Waals surface area contributed by atoms with Crippen LogP contribution in [0.2, 0.25) is 0 Å². The van der Waals surface area contributed by atoms with Gasteiger partial charge in [0, 0.05) is 37.6 Å². The number of hydrogen-bond donors (Lipinski definition) is 0. The van der Waals surface area contributed by atoms with E-state index in [1.54, 1.807) is 12.4 Å². The third-order valence-electron chi connectivity index (χ3n) is 5.23. The molecule has 134 valence electrons. The molecule has 2 aromatic heterocycles. The lowest BCUT2D eigenvalue weighted by molar-refractivity contribution is 0.0469. The zero-order chi connectivity index (χ0) is 18.1. The Morgan fingerprint density at radius 1 is 0.923 bits per heavy atom. The number of carbonyl (C=O) groups excluding carboxylic acids is 2. The predicted molar refractivity (Wildman–Crippen MR) is 93.2 cm³/mol. The summed E-state index contributed by atoms with van der Waals surface area (Å²) in [6, 6.07) is 0. The number of esters is 2. The normalized spacial score (nSPS) is 17.0. The van der Waals surface area contributed by atoms with Crippen molar-refractivity contribution in [2.75, 3.05) is 13.2 Å². The Bertz CT molecular complexity index is 878. The van der Waals surface area contributed by atoms with Crippen LogP contribution in [0.1, 0.15) is 62.2 Å². The van der Waals surface area contributed by atoms with E-state index in [0.29, 0.717) is 24.3 Å². The minimum atomic E-state index is -0.285. The van der Waals surface area contributed by atoms with Gasteiger partial charge in [-0.2, -0.15) is 0 Å². The number of cyclic esters (lactones) is 2. The SMILES string of the molecule is CC(CCc1cncc2c1CCOC2=O)c1cncc2c1CCOC2=O. The van der Waals surface area contributed by atoms with Gasteiger partial charge < -0.3 is 9.47 Å². The van der Waals surface area contributed by atoms with E-state index in [1.165, 1.54) is 0 Å². The first-order valence-electron chi connectivity index (χ1n) is 8.92. The lowest BCUT2D eigenvalue weighted by atomic mass is 9.87. The minimum absolute atomic E-state index is 0.245. The van der Waals surface area contributed by atoms with Gasteiger partial charge in [0.05, 0.1) is 24.3 Å². The van der Waals surface area contributed by atoms with Gasteiger partial charge in [0.25, 0.3) is 0 Å². The summed E-state index contributed by atoms with van der Waals surface area (Å²) in [6.45, 7) is 3.00. The van der Waals surface area contributed by atoms with Gasteiger partial charge in [0.1, 0.15) is 0 Å². The summed E-state index contributed by atoms with van der Waals surface area (Å²) >= 11 is 0. The molecule has 4 heterocycles. The van der Waals surface area contributed by atoms with E-state index in [1.807, 2.05) is 12.4 Å². The number of pyridine rings is 2. The maximum atomic E-state index is 11.9. The van der Waals surface area contributed by atoms with Crippen molar-refractivity contribution >= 4 is 11.9 Å². The van der Waals surface area contributed by atoms with Crippen molar-refractivity contribution in [3.63, 3.8) is 0 Å². The molecule has 4 rings (SSSR count). The highest BCUT2D eigenvalue weighted by atomic mass is 16.5. The number of fused-ring (bicyclic) bond motifs is 2. The summed E-state index contributed by atoms with van der Waals surface area (Å²) in [5.41, 5.74) is 5.49. The largest absolute Gasteiger partial charge is 0.462 e. The van der Waals surface area contributed by atoms with Gasteiger partial charge in [0.15, 0.2) is 0 Å². The third-order valence-corrected chi connectivity index (χ3v) is 5.23. The molecule has 2 aliphatic heterocycles. The van der Waals surface area contributed by atoms with Crippen molar-refractivity contribution in [3.05, 3.63) is 58.2 Å². The molecule has 0 bridgehead atoms. The van der Waals surface area contributed by atoms with E-state index in [9.17, 15) is 9.59 Å². The fourth-order valence-electron chi connectivity index (χ4n) is 3.77. The standard InChI is InChI=1S/C20H20N2O4/c1-12(16-9-22-11-18-15(16)5-7-26-20(18)24)2-3-13-8-21-10-17-14(13)4-6-25-19(17)23/h8-12H,2-7H2,1H3. The van der Waals surface area contributed by atoms with Crippen LogP contribution in [-0.2, 0) is 28.7 Å². The smallest absolute Gasteiger partial charge is 0.340 e. The number of carbonyl (C=O) groups is 2. The molecule has 2 aliphatic rings. The summed E-state index contributed by atoms with van der Waals surface area (Å²) in [5.74, 6) is -0.323. The van der Waals surface area contributed by atoms with Gasteiger partial charge in [-0.05, 0) is 41.0 Å². The first-order chi connectivity index (χ1) is 12.6. The zero-order valence-electron chi connectivity index (χ0n) is 14.7. The maximum absolute atomic E-state index is 11.9. The average molecular weight is 352 g/mol. The molecule has 2 aromatic rings. The molecule has 26 heavy (non-hydrogen) atoms. The summed E-state index contributed by atoms with van der Waals surface area (Å²) in [4.78, 5) is 32.2. The Kier molecular flexibility index (Phi) is 4.41. The molecule has 6 heteroatoms. The van der Waals surface area contributed by atoms with Gasteiger partial charge in [-0.3, -0.25) is 9.97 Å². The lowest BCUT2D eigenvalue weighted by Crippen LogP contribution is -2.21. The van der Waals surface area contributed by atoms with E-state index >= 15 is 0 Å². The fourth-order valence-corrected chi connectivity index (χ4v) is 3.77. The molecule has 1 unspecified atom stereocenters. The van der Waals surface area contributed by atoms with Crippen LogP contribution in [0.5, 0.6) is 0 Å². The van der Waals surface area contributed by atoms with Crippen LogP contribution in [0.15, 0.2) is 24.8 Å². The molecule has 0 amide bonds. The molecule has 0 spiro atoms. The Balaban J connectivity index is 1.55. The van der Waals surface area contributed by atoms with Crippen LogP contribution in [0.25, 0.3) is 0 Å². The Labute approximate surface area is 151 Å². The first-order valence-corrected chi connectivity index (χ1v) is 8.92. The maximum Gasteiger partial charge on any atom is 0.340 e. The Morgan fingerprint density at radius 3 is 2.27 bits per heavy atom. The molecule has 0 fully saturated rings. The summed E-state index contributed by atoms with van der Waals surface area (Å²) < 4.78 is 10.2. The number of ether oxygens (including phenoxy) is 2. The highest BCUT2D eigenvalue weighted by Gasteiger charge is 2.25. The van der Waals surface area contributed by atoms with Gasteiger partial charge in [0.2, 0.25) is 0 Å². The van der Waals surface area contributed by atoms with Gasteiger partial charge in [-0.15, -0.1) is 0 Å². The van der Waals surface area contributed by atoms with Crippen LogP contribution >= 0.6 is 0 Å². The van der Waals surface area contributed by atoms with Crippen molar-refractivity contribution in [1.29, 1.82) is 0 Å². The van der Waals surface area contributed by atoms with Crippen LogP contribution < -0.4 is 0 Å². The summed E-state index contributed by atoms with van der Waals surface area (Å²) in [7, 11) is 0. The topological polar surface area (TPSA) is 78.4 Å². The zero-order valence-corrected chi connectivity index (χ0v) is 14.7. The second kappa shape index (κ2) is 6.86. The van der Waals surface area contributed by atoms with Gasteiger partial charge >= 0.3 is 11.9 Å².